The van der Waals surface area contributed by atoms with Gasteiger partial charge in [-0.1, -0.05) is 72.4 Å². The minimum atomic E-state index is 0.556. The third-order valence-electron chi connectivity index (χ3n) is 9.92. The van der Waals surface area contributed by atoms with Gasteiger partial charge in [-0.2, -0.15) is 0 Å². The van der Waals surface area contributed by atoms with Crippen LogP contribution in [0.1, 0.15) is 11.1 Å². The van der Waals surface area contributed by atoms with Gasteiger partial charge in [0.05, 0.1) is 11.4 Å². The molecule has 0 saturated carbocycles. The van der Waals surface area contributed by atoms with Crippen LogP contribution in [-0.2, 0) is 6.42 Å². The molecule has 6 nitrogen and oxygen atoms in total. The number of hydrogen-bond acceptors (Lipinski definition) is 7. The Bertz CT molecular complexity index is 2490. The Morgan fingerprint density at radius 3 is 1.33 bits per heavy atom. The number of fused-ring (bicyclic) bond motifs is 6. The van der Waals surface area contributed by atoms with Gasteiger partial charge in [0.25, 0.3) is 0 Å². The number of oxazole rings is 2. The Morgan fingerprint density at radius 2 is 0.846 bits per heavy atom. The first-order valence-corrected chi connectivity index (χ1v) is 18.1. The van der Waals surface area contributed by atoms with Crippen LogP contribution in [0.25, 0.3) is 45.1 Å². The van der Waals surface area contributed by atoms with Crippen LogP contribution in [0.5, 0.6) is 0 Å². The van der Waals surface area contributed by atoms with Crippen LogP contribution < -0.4 is 9.80 Å². The Morgan fingerprint density at radius 1 is 0.442 bits per heavy atom. The van der Waals surface area contributed by atoms with Crippen molar-refractivity contribution < 1.29 is 8.83 Å². The van der Waals surface area contributed by atoms with Crippen LogP contribution in [-0.4, -0.2) is 9.97 Å². The van der Waals surface area contributed by atoms with E-state index < -0.39 is 0 Å². The molecular formula is C45H28N4O2S. The van der Waals surface area contributed by atoms with E-state index >= 15 is 0 Å². The molecule has 0 aliphatic carbocycles. The molecule has 0 spiro atoms. The maximum atomic E-state index is 6.30. The van der Waals surface area contributed by atoms with Crippen LogP contribution in [0, 0.1) is 0 Å². The Balaban J connectivity index is 0.885. The lowest BCUT2D eigenvalue weighted by Crippen LogP contribution is -2.18. The average molecular weight is 689 g/mol. The summed E-state index contributed by atoms with van der Waals surface area (Å²) in [6, 6.07) is 54.9. The number of anilines is 6. The van der Waals surface area contributed by atoms with Crippen molar-refractivity contribution in [1.82, 2.24) is 9.97 Å². The smallest absolute Gasteiger partial charge is 0.227 e. The number of para-hydroxylation sites is 4. The predicted molar refractivity (Wildman–Crippen MR) is 209 cm³/mol. The first-order chi connectivity index (χ1) is 25.7. The van der Waals surface area contributed by atoms with Gasteiger partial charge in [-0.15, -0.1) is 0 Å². The molecule has 0 saturated heterocycles. The summed E-state index contributed by atoms with van der Waals surface area (Å²) in [6.45, 7) is 0. The largest absolute Gasteiger partial charge is 0.436 e. The van der Waals surface area contributed by atoms with Gasteiger partial charge in [0, 0.05) is 62.2 Å². The first-order valence-electron chi connectivity index (χ1n) is 17.3. The second-order valence-electron chi connectivity index (χ2n) is 13.1. The van der Waals surface area contributed by atoms with Gasteiger partial charge in [0.15, 0.2) is 11.2 Å². The quantitative estimate of drug-likeness (QED) is 0.182. The lowest BCUT2D eigenvalue weighted by Gasteiger charge is -2.33. The number of hydrogen-bond donors (Lipinski definition) is 0. The molecule has 0 radical (unpaired) electrons. The molecule has 7 aromatic carbocycles. The van der Waals surface area contributed by atoms with Gasteiger partial charge < -0.3 is 18.6 Å². The fourth-order valence-corrected chi connectivity index (χ4v) is 8.51. The molecule has 0 atom stereocenters. The summed E-state index contributed by atoms with van der Waals surface area (Å²) in [4.78, 5) is 16.8. The van der Waals surface area contributed by atoms with Crippen LogP contribution in [0.3, 0.4) is 0 Å². The minimum absolute atomic E-state index is 0.556. The van der Waals surface area contributed by atoms with Crippen LogP contribution >= 0.6 is 11.8 Å². The van der Waals surface area contributed by atoms with E-state index in [0.29, 0.717) is 22.9 Å². The lowest BCUT2D eigenvalue weighted by molar-refractivity contribution is 0.618. The molecule has 2 aliphatic heterocycles. The average Bonchev–Trinajstić information content (AvgIpc) is 3.82. The maximum Gasteiger partial charge on any atom is 0.227 e. The van der Waals surface area contributed by atoms with Crippen LogP contribution in [0.4, 0.5) is 34.1 Å². The van der Waals surface area contributed by atoms with E-state index in [1.54, 1.807) is 11.8 Å². The minimum Gasteiger partial charge on any atom is -0.436 e. The highest BCUT2D eigenvalue weighted by molar-refractivity contribution is 7.99. The standard InChI is InChI=1S/C45H28N4O2S/c1-3-11-36-30(9-1)25-31-10-2-4-12-37(31)48(36)32-21-17-28(18-22-32)44-46-34-26-41-35(27-40(34)50-44)47-45(51-41)29-19-23-33(24-20-29)49-38-13-5-7-15-42(38)52-43-16-8-6-14-39(43)49/h1-24,26-27H,25H2. The van der Waals surface area contributed by atoms with E-state index in [-0.39, 0.29) is 0 Å². The summed E-state index contributed by atoms with van der Waals surface area (Å²) in [7, 11) is 0. The normalized spacial score (nSPS) is 13.2. The topological polar surface area (TPSA) is 58.5 Å². The zero-order valence-corrected chi connectivity index (χ0v) is 28.5. The lowest BCUT2D eigenvalue weighted by atomic mass is 9.95. The van der Waals surface area contributed by atoms with Gasteiger partial charge in [0.1, 0.15) is 11.0 Å². The fraction of sp³-hybridized carbons (Fsp3) is 0.0222. The first kappa shape index (κ1) is 29.2. The van der Waals surface area contributed by atoms with Gasteiger partial charge in [-0.3, -0.25) is 0 Å². The highest BCUT2D eigenvalue weighted by atomic mass is 32.2. The number of aromatic nitrogens is 2. The molecule has 9 aromatic rings. The molecule has 0 unspecified atom stereocenters. The van der Waals surface area contributed by atoms with Crippen molar-refractivity contribution in [2.45, 2.75) is 16.2 Å². The predicted octanol–water partition coefficient (Wildman–Crippen LogP) is 12.6. The van der Waals surface area contributed by atoms with Gasteiger partial charge in [-0.05, 0) is 96.1 Å². The number of nitrogens with zero attached hydrogens (tertiary/aromatic N) is 4. The number of benzene rings is 7. The van der Waals surface area contributed by atoms with Crippen molar-refractivity contribution in [3.05, 3.63) is 169 Å². The molecular weight excluding hydrogens is 661 g/mol. The molecule has 4 heterocycles. The van der Waals surface area contributed by atoms with Crippen molar-refractivity contribution >= 4 is 68.1 Å². The Kier molecular flexibility index (Phi) is 6.45. The van der Waals surface area contributed by atoms with E-state index in [9.17, 15) is 0 Å². The van der Waals surface area contributed by atoms with E-state index in [2.05, 4.69) is 155 Å². The molecule has 0 N–H and O–H groups in total. The van der Waals surface area contributed by atoms with Crippen molar-refractivity contribution in [3.8, 4) is 22.9 Å². The molecule has 2 aromatic heterocycles. The summed E-state index contributed by atoms with van der Waals surface area (Å²) < 4.78 is 12.6. The van der Waals surface area contributed by atoms with Crippen LogP contribution in [0.2, 0.25) is 0 Å². The third-order valence-corrected chi connectivity index (χ3v) is 11.1. The highest BCUT2D eigenvalue weighted by Gasteiger charge is 2.26. The van der Waals surface area contributed by atoms with Crippen molar-refractivity contribution in [2.75, 3.05) is 9.80 Å². The monoisotopic (exact) mass is 688 g/mol. The van der Waals surface area contributed by atoms with Crippen molar-refractivity contribution in [1.29, 1.82) is 0 Å². The zero-order valence-electron chi connectivity index (χ0n) is 27.7. The molecule has 246 valence electrons. The zero-order chi connectivity index (χ0) is 34.2. The summed E-state index contributed by atoms with van der Waals surface area (Å²) in [5, 5.41) is 0. The van der Waals surface area contributed by atoms with E-state index in [0.717, 1.165) is 40.0 Å². The SMILES string of the molecule is c1ccc2c(c1)Cc1ccccc1N2c1ccc(-c2nc3cc4oc(-c5ccc(N6c7ccccc7Sc7ccccc76)cc5)nc4cc3o2)cc1. The highest BCUT2D eigenvalue weighted by Crippen LogP contribution is 2.51. The summed E-state index contributed by atoms with van der Waals surface area (Å²) in [6.07, 6.45) is 0.929. The second-order valence-corrected chi connectivity index (χ2v) is 14.1. The van der Waals surface area contributed by atoms with Crippen molar-refractivity contribution in [2.24, 2.45) is 0 Å². The Labute approximate surface area is 303 Å². The third kappa shape index (κ3) is 4.67. The van der Waals surface area contributed by atoms with E-state index in [1.165, 1.54) is 43.7 Å². The molecule has 0 bridgehead atoms. The molecule has 0 fully saturated rings. The van der Waals surface area contributed by atoms with Crippen LogP contribution in [0.15, 0.2) is 176 Å². The molecule has 52 heavy (non-hydrogen) atoms. The maximum absolute atomic E-state index is 6.30. The van der Waals surface area contributed by atoms with Gasteiger partial charge >= 0.3 is 0 Å². The van der Waals surface area contributed by atoms with Crippen molar-refractivity contribution in [3.63, 3.8) is 0 Å². The molecule has 0 amide bonds. The Hall–Kier alpha value is -6.57. The van der Waals surface area contributed by atoms with E-state index in [4.69, 9.17) is 18.8 Å². The summed E-state index contributed by atoms with van der Waals surface area (Å²) in [5.74, 6) is 1.12. The number of rotatable bonds is 4. The summed E-state index contributed by atoms with van der Waals surface area (Å²) in [5.41, 5.74) is 14.1. The molecule has 7 heteroatoms. The molecule has 2 aliphatic rings. The fourth-order valence-electron chi connectivity index (χ4n) is 7.46. The second kappa shape index (κ2) is 11.5. The molecule has 11 rings (SSSR count). The summed E-state index contributed by atoms with van der Waals surface area (Å²) >= 11 is 1.80. The van der Waals surface area contributed by atoms with Gasteiger partial charge in [-0.25, -0.2) is 9.97 Å². The van der Waals surface area contributed by atoms with E-state index in [1.807, 2.05) is 12.1 Å². The van der Waals surface area contributed by atoms with Gasteiger partial charge in [0.2, 0.25) is 11.8 Å².